The highest BCUT2D eigenvalue weighted by Crippen LogP contribution is 2.20. The smallest absolute Gasteiger partial charge is 0.256 e. The molecule has 0 radical (unpaired) electrons. The SMILES string of the molecule is O=C(c1ccccc1F)N1CCC(Oc2ccc(Br)cn2)C1. The Kier molecular flexibility index (Phi) is 4.38. The molecule has 1 aromatic heterocycles. The zero-order valence-corrected chi connectivity index (χ0v) is 13.3. The molecular formula is C16H14BrFN2O2. The number of nitrogens with zero attached hydrogens (tertiary/aromatic N) is 2. The Hall–Kier alpha value is -1.95. The lowest BCUT2D eigenvalue weighted by molar-refractivity contribution is 0.0766. The van der Waals surface area contributed by atoms with Crippen molar-refractivity contribution in [2.75, 3.05) is 13.1 Å². The number of rotatable bonds is 3. The van der Waals surface area contributed by atoms with Gasteiger partial charge in [0.2, 0.25) is 5.88 Å². The lowest BCUT2D eigenvalue weighted by Gasteiger charge is -2.17. The summed E-state index contributed by atoms with van der Waals surface area (Å²) in [6.07, 6.45) is 2.24. The van der Waals surface area contributed by atoms with Crippen molar-refractivity contribution in [3.05, 3.63) is 58.4 Å². The second kappa shape index (κ2) is 6.44. The molecule has 6 heteroatoms. The molecule has 0 N–H and O–H groups in total. The number of pyridine rings is 1. The summed E-state index contributed by atoms with van der Waals surface area (Å²) in [6, 6.07) is 9.64. The van der Waals surface area contributed by atoms with Crippen LogP contribution in [0.15, 0.2) is 47.1 Å². The van der Waals surface area contributed by atoms with E-state index in [4.69, 9.17) is 4.74 Å². The fraction of sp³-hybridized carbons (Fsp3) is 0.250. The van der Waals surface area contributed by atoms with Crippen LogP contribution in [-0.2, 0) is 0 Å². The summed E-state index contributed by atoms with van der Waals surface area (Å²) in [4.78, 5) is 18.1. The molecule has 1 amide bonds. The van der Waals surface area contributed by atoms with Crippen molar-refractivity contribution >= 4 is 21.8 Å². The van der Waals surface area contributed by atoms with Gasteiger partial charge in [-0.25, -0.2) is 9.37 Å². The minimum absolute atomic E-state index is 0.102. The van der Waals surface area contributed by atoms with Gasteiger partial charge in [0.1, 0.15) is 11.9 Å². The second-order valence-corrected chi connectivity index (χ2v) is 5.99. The van der Waals surface area contributed by atoms with Crippen LogP contribution in [0.2, 0.25) is 0 Å². The van der Waals surface area contributed by atoms with E-state index >= 15 is 0 Å². The summed E-state index contributed by atoms with van der Waals surface area (Å²) in [6.45, 7) is 0.985. The summed E-state index contributed by atoms with van der Waals surface area (Å²) in [7, 11) is 0. The third-order valence-corrected chi connectivity index (χ3v) is 3.99. The van der Waals surface area contributed by atoms with Gasteiger partial charge in [-0.2, -0.15) is 0 Å². The van der Waals surface area contributed by atoms with Gasteiger partial charge in [0, 0.05) is 29.7 Å². The van der Waals surface area contributed by atoms with Gasteiger partial charge in [0.15, 0.2) is 0 Å². The number of halogens is 2. The normalized spacial score (nSPS) is 17.5. The summed E-state index contributed by atoms with van der Waals surface area (Å²) >= 11 is 3.31. The van der Waals surface area contributed by atoms with Gasteiger partial charge in [-0.1, -0.05) is 12.1 Å². The molecule has 1 saturated heterocycles. The zero-order valence-electron chi connectivity index (χ0n) is 11.7. The predicted octanol–water partition coefficient (Wildman–Crippen LogP) is 3.28. The Morgan fingerprint density at radius 1 is 1.32 bits per heavy atom. The first-order valence-electron chi connectivity index (χ1n) is 6.95. The van der Waals surface area contributed by atoms with Crippen molar-refractivity contribution in [3.63, 3.8) is 0 Å². The fourth-order valence-electron chi connectivity index (χ4n) is 2.42. The molecule has 3 rings (SSSR count). The van der Waals surface area contributed by atoms with Crippen molar-refractivity contribution in [3.8, 4) is 5.88 Å². The van der Waals surface area contributed by atoms with Crippen molar-refractivity contribution in [1.29, 1.82) is 0 Å². The van der Waals surface area contributed by atoms with Crippen molar-refractivity contribution < 1.29 is 13.9 Å². The van der Waals surface area contributed by atoms with Crippen LogP contribution in [0.25, 0.3) is 0 Å². The van der Waals surface area contributed by atoms with Crippen LogP contribution in [0.5, 0.6) is 5.88 Å². The van der Waals surface area contributed by atoms with Crippen LogP contribution < -0.4 is 4.74 Å². The molecular weight excluding hydrogens is 351 g/mol. The van der Waals surface area contributed by atoms with Gasteiger partial charge in [0.25, 0.3) is 5.91 Å². The molecule has 1 unspecified atom stereocenters. The quantitative estimate of drug-likeness (QED) is 0.839. The second-order valence-electron chi connectivity index (χ2n) is 5.07. The summed E-state index contributed by atoms with van der Waals surface area (Å²) in [5.74, 6) is -0.271. The number of hydrogen-bond donors (Lipinski definition) is 0. The fourth-order valence-corrected chi connectivity index (χ4v) is 2.65. The Labute approximate surface area is 136 Å². The Morgan fingerprint density at radius 3 is 2.86 bits per heavy atom. The van der Waals surface area contributed by atoms with Crippen LogP contribution in [0.1, 0.15) is 16.8 Å². The highest BCUT2D eigenvalue weighted by atomic mass is 79.9. The van der Waals surface area contributed by atoms with E-state index < -0.39 is 5.82 Å². The molecule has 0 saturated carbocycles. The standard InChI is InChI=1S/C16H14BrFN2O2/c17-11-5-6-15(19-9-11)22-12-7-8-20(10-12)16(21)13-3-1-2-4-14(13)18/h1-6,9,12H,7-8,10H2. The first kappa shape index (κ1) is 15.0. The molecule has 0 bridgehead atoms. The van der Waals surface area contributed by atoms with Gasteiger partial charge in [-0.05, 0) is 34.1 Å². The van der Waals surface area contributed by atoms with Crippen LogP contribution in [-0.4, -0.2) is 35.0 Å². The number of carbonyl (C=O) groups excluding carboxylic acids is 1. The maximum absolute atomic E-state index is 13.7. The molecule has 0 spiro atoms. The van der Waals surface area contributed by atoms with Crippen LogP contribution in [0.4, 0.5) is 4.39 Å². The summed E-state index contributed by atoms with van der Waals surface area (Å²) in [5, 5.41) is 0. The zero-order chi connectivity index (χ0) is 15.5. The number of carbonyl (C=O) groups is 1. The molecule has 1 atom stereocenters. The lowest BCUT2D eigenvalue weighted by atomic mass is 10.2. The number of hydrogen-bond acceptors (Lipinski definition) is 3. The monoisotopic (exact) mass is 364 g/mol. The van der Waals surface area contributed by atoms with Gasteiger partial charge in [-0.3, -0.25) is 4.79 Å². The van der Waals surface area contributed by atoms with E-state index in [1.165, 1.54) is 12.1 Å². The predicted molar refractivity (Wildman–Crippen MR) is 83.3 cm³/mol. The average Bonchev–Trinajstić information content (AvgIpc) is 2.98. The molecule has 1 aromatic carbocycles. The third kappa shape index (κ3) is 3.27. The van der Waals surface area contributed by atoms with Crippen molar-refractivity contribution in [2.45, 2.75) is 12.5 Å². The lowest BCUT2D eigenvalue weighted by Crippen LogP contribution is -2.31. The molecule has 0 aliphatic carbocycles. The molecule has 1 aliphatic heterocycles. The van der Waals surface area contributed by atoms with E-state index in [-0.39, 0.29) is 17.6 Å². The average molecular weight is 365 g/mol. The number of benzene rings is 1. The van der Waals surface area contributed by atoms with E-state index in [2.05, 4.69) is 20.9 Å². The Bertz CT molecular complexity index is 678. The van der Waals surface area contributed by atoms with Gasteiger partial charge in [0.05, 0.1) is 12.1 Å². The maximum Gasteiger partial charge on any atom is 0.256 e. The van der Waals surface area contributed by atoms with Crippen LogP contribution >= 0.6 is 15.9 Å². The largest absolute Gasteiger partial charge is 0.472 e. The highest BCUT2D eigenvalue weighted by Gasteiger charge is 2.29. The summed E-state index contributed by atoms with van der Waals surface area (Å²) in [5.41, 5.74) is 0.102. The minimum Gasteiger partial charge on any atom is -0.472 e. The number of amides is 1. The number of likely N-dealkylation sites (tertiary alicyclic amines) is 1. The molecule has 4 nitrogen and oxygen atoms in total. The molecule has 2 heterocycles. The molecule has 2 aromatic rings. The van der Waals surface area contributed by atoms with Gasteiger partial charge >= 0.3 is 0 Å². The first-order chi connectivity index (χ1) is 10.6. The topological polar surface area (TPSA) is 42.4 Å². The maximum atomic E-state index is 13.7. The first-order valence-corrected chi connectivity index (χ1v) is 7.75. The third-order valence-electron chi connectivity index (χ3n) is 3.52. The summed E-state index contributed by atoms with van der Waals surface area (Å²) < 4.78 is 20.3. The Balaban J connectivity index is 1.63. The van der Waals surface area contributed by atoms with E-state index in [1.54, 1.807) is 29.3 Å². The molecule has 22 heavy (non-hydrogen) atoms. The highest BCUT2D eigenvalue weighted by molar-refractivity contribution is 9.10. The van der Waals surface area contributed by atoms with E-state index in [0.29, 0.717) is 25.4 Å². The van der Waals surface area contributed by atoms with Gasteiger partial charge in [-0.15, -0.1) is 0 Å². The van der Waals surface area contributed by atoms with Crippen LogP contribution in [0, 0.1) is 5.82 Å². The van der Waals surface area contributed by atoms with Crippen molar-refractivity contribution in [1.82, 2.24) is 9.88 Å². The van der Waals surface area contributed by atoms with Crippen molar-refractivity contribution in [2.24, 2.45) is 0 Å². The molecule has 114 valence electrons. The Morgan fingerprint density at radius 2 is 2.14 bits per heavy atom. The van der Waals surface area contributed by atoms with E-state index in [1.807, 2.05) is 6.07 Å². The number of aromatic nitrogens is 1. The number of ether oxygens (including phenoxy) is 1. The van der Waals surface area contributed by atoms with Crippen LogP contribution in [0.3, 0.4) is 0 Å². The minimum atomic E-state index is -0.494. The molecule has 1 fully saturated rings. The molecule has 1 aliphatic rings. The van der Waals surface area contributed by atoms with Gasteiger partial charge < -0.3 is 9.64 Å². The van der Waals surface area contributed by atoms with E-state index in [0.717, 1.165) is 4.47 Å². The van der Waals surface area contributed by atoms with E-state index in [9.17, 15) is 9.18 Å².